The quantitative estimate of drug-likeness (QED) is 0.565. The number of hydrogen-bond donors (Lipinski definition) is 1. The molecule has 0 aliphatic carbocycles. The van der Waals surface area contributed by atoms with Gasteiger partial charge in [-0.25, -0.2) is 8.42 Å². The van der Waals surface area contributed by atoms with Gasteiger partial charge in [0, 0.05) is 19.4 Å². The number of nitrogens with zero attached hydrogens (tertiary/aromatic N) is 1. The van der Waals surface area contributed by atoms with E-state index in [0.717, 1.165) is 0 Å². The van der Waals surface area contributed by atoms with E-state index in [1.807, 2.05) is 0 Å². The molecule has 0 aliphatic rings. The highest BCUT2D eigenvalue weighted by atomic mass is 32.2. The smallest absolute Gasteiger partial charge is 0.169 e. The van der Waals surface area contributed by atoms with E-state index in [-0.39, 0.29) is 0 Å². The Kier molecular flexibility index (Phi) is 1.57. The van der Waals surface area contributed by atoms with Gasteiger partial charge in [-0.2, -0.15) is 0 Å². The fraction of sp³-hybridized carbons (Fsp3) is 0.200. The van der Waals surface area contributed by atoms with E-state index < -0.39 is 10.7 Å². The molecule has 0 unspecified atom stereocenters. The molecule has 0 aromatic carbocycles. The van der Waals surface area contributed by atoms with E-state index in [4.69, 9.17) is 0 Å². The van der Waals surface area contributed by atoms with Gasteiger partial charge in [0.1, 0.15) is 0 Å². The van der Waals surface area contributed by atoms with Crippen LogP contribution in [0, 0.1) is 0 Å². The first-order chi connectivity index (χ1) is 4.20. The molecule has 3 nitrogen and oxygen atoms in total. The maximum Gasteiger partial charge on any atom is 0.169 e. The minimum atomic E-state index is -2.40. The van der Waals surface area contributed by atoms with Crippen molar-refractivity contribution in [3.05, 3.63) is 18.5 Å². The zero-order valence-electron chi connectivity index (χ0n) is 4.94. The maximum atomic E-state index is 10.2. The summed E-state index contributed by atoms with van der Waals surface area (Å²) in [5.41, 5.74) is 0. The van der Waals surface area contributed by atoms with Crippen LogP contribution in [0.5, 0.6) is 0 Å². The Morgan fingerprint density at radius 3 is 2.44 bits per heavy atom. The highest BCUT2D eigenvalue weighted by Crippen LogP contribution is 1.98. The first-order valence-electron chi connectivity index (χ1n) is 2.46. The van der Waals surface area contributed by atoms with Gasteiger partial charge in [-0.1, -0.05) is 0 Å². The fourth-order valence-electron chi connectivity index (χ4n) is 0.597. The summed E-state index contributed by atoms with van der Waals surface area (Å²) < 4.78 is 22.2. The topological polar surface area (TPSA) is 39.1 Å². The van der Waals surface area contributed by atoms with E-state index in [1.54, 1.807) is 30.1 Å². The van der Waals surface area contributed by atoms with Crippen LogP contribution < -0.4 is 0 Å². The van der Waals surface area contributed by atoms with Crippen LogP contribution in [0.4, 0.5) is 0 Å². The second-order valence-electron chi connectivity index (χ2n) is 1.79. The summed E-state index contributed by atoms with van der Waals surface area (Å²) in [5, 5.41) is 0. The number of hydrogen-bond acceptors (Lipinski definition) is 2. The molecule has 1 heterocycles. The van der Waals surface area contributed by atoms with E-state index in [1.165, 1.54) is 0 Å². The SMILES string of the molecule is Cn1ccc([SH](=O)=O)c1. The van der Waals surface area contributed by atoms with Crippen LogP contribution in [-0.2, 0) is 17.8 Å². The number of aryl methyl sites for hydroxylation is 1. The summed E-state index contributed by atoms with van der Waals surface area (Å²) in [6.45, 7) is 0. The molecule has 9 heavy (non-hydrogen) atoms. The van der Waals surface area contributed by atoms with Gasteiger partial charge < -0.3 is 4.57 Å². The zero-order chi connectivity index (χ0) is 6.85. The molecule has 0 saturated heterocycles. The third-order valence-electron chi connectivity index (χ3n) is 1.03. The Balaban J connectivity index is 3.12. The van der Waals surface area contributed by atoms with Crippen LogP contribution in [0.1, 0.15) is 0 Å². The normalized spacial score (nSPS) is 10.4. The second kappa shape index (κ2) is 2.23. The number of thiol groups is 1. The Hall–Kier alpha value is -0.770. The third-order valence-corrected chi connectivity index (χ3v) is 1.71. The lowest BCUT2D eigenvalue weighted by molar-refractivity contribution is 0.614. The lowest BCUT2D eigenvalue weighted by Crippen LogP contribution is -1.78. The molecule has 50 valence electrons. The summed E-state index contributed by atoms with van der Waals surface area (Å²) in [7, 11) is -0.615. The van der Waals surface area contributed by atoms with E-state index in [0.29, 0.717) is 4.90 Å². The van der Waals surface area contributed by atoms with Crippen LogP contribution in [0.25, 0.3) is 0 Å². The van der Waals surface area contributed by atoms with Gasteiger partial charge >= 0.3 is 0 Å². The Morgan fingerprint density at radius 1 is 1.56 bits per heavy atom. The van der Waals surface area contributed by atoms with Gasteiger partial charge in [-0.3, -0.25) is 0 Å². The standard InChI is InChI=1S/C5H7NO2S/c1-6-3-2-5(4-6)9(7)8/h2-4,9H,1H3. The zero-order valence-corrected chi connectivity index (χ0v) is 5.84. The van der Waals surface area contributed by atoms with Crippen LogP contribution in [0.15, 0.2) is 23.4 Å². The molecule has 0 radical (unpaired) electrons. The van der Waals surface area contributed by atoms with Crippen LogP contribution in [0.2, 0.25) is 0 Å². The summed E-state index contributed by atoms with van der Waals surface area (Å²) in [6, 6.07) is 1.56. The third kappa shape index (κ3) is 1.32. The second-order valence-corrected chi connectivity index (χ2v) is 2.82. The minimum absolute atomic E-state index is 0.368. The Labute approximate surface area is 54.9 Å². The van der Waals surface area contributed by atoms with Gasteiger partial charge in [-0.15, -0.1) is 0 Å². The van der Waals surface area contributed by atoms with E-state index in [2.05, 4.69) is 0 Å². The highest BCUT2D eigenvalue weighted by Gasteiger charge is 1.92. The van der Waals surface area contributed by atoms with Gasteiger partial charge in [0.2, 0.25) is 0 Å². The summed E-state index contributed by atoms with van der Waals surface area (Å²) >= 11 is 0. The van der Waals surface area contributed by atoms with Crippen molar-refractivity contribution in [2.75, 3.05) is 0 Å². The molecular formula is C5H7NO2S. The van der Waals surface area contributed by atoms with Gasteiger partial charge in [-0.05, 0) is 6.07 Å². The van der Waals surface area contributed by atoms with E-state index >= 15 is 0 Å². The predicted octanol–water partition coefficient (Wildman–Crippen LogP) is -0.00460. The molecule has 0 amide bonds. The van der Waals surface area contributed by atoms with Crippen LogP contribution >= 0.6 is 0 Å². The van der Waals surface area contributed by atoms with Gasteiger partial charge in [0.15, 0.2) is 10.7 Å². The molecule has 1 rings (SSSR count). The van der Waals surface area contributed by atoms with Crippen molar-refractivity contribution in [3.63, 3.8) is 0 Å². The number of aromatic nitrogens is 1. The molecule has 0 aliphatic heterocycles. The Morgan fingerprint density at radius 2 is 2.22 bits per heavy atom. The monoisotopic (exact) mass is 145 g/mol. The van der Waals surface area contributed by atoms with Crippen molar-refractivity contribution < 1.29 is 8.42 Å². The average Bonchev–Trinajstić information content (AvgIpc) is 2.14. The molecule has 0 bridgehead atoms. The molecule has 4 heteroatoms. The van der Waals surface area contributed by atoms with Gasteiger partial charge in [0.25, 0.3) is 0 Å². The Bertz CT molecular complexity index is 266. The maximum absolute atomic E-state index is 10.2. The highest BCUT2D eigenvalue weighted by molar-refractivity contribution is 7.72. The fourth-order valence-corrected chi connectivity index (χ4v) is 1.06. The van der Waals surface area contributed by atoms with Crippen molar-refractivity contribution in [3.8, 4) is 0 Å². The lowest BCUT2D eigenvalue weighted by Gasteiger charge is -1.81. The van der Waals surface area contributed by atoms with Crippen molar-refractivity contribution in [1.82, 2.24) is 4.57 Å². The van der Waals surface area contributed by atoms with Crippen molar-refractivity contribution in [2.45, 2.75) is 4.90 Å². The van der Waals surface area contributed by atoms with Crippen molar-refractivity contribution in [1.29, 1.82) is 0 Å². The van der Waals surface area contributed by atoms with Crippen LogP contribution in [0.3, 0.4) is 0 Å². The van der Waals surface area contributed by atoms with Crippen LogP contribution in [-0.4, -0.2) is 13.0 Å². The predicted molar refractivity (Wildman–Crippen MR) is 34.0 cm³/mol. The van der Waals surface area contributed by atoms with Gasteiger partial charge in [0.05, 0.1) is 4.90 Å². The molecule has 0 N–H and O–H groups in total. The minimum Gasteiger partial charge on any atom is -0.356 e. The first kappa shape index (κ1) is 6.35. The summed E-state index contributed by atoms with van der Waals surface area (Å²) in [4.78, 5) is 0.368. The summed E-state index contributed by atoms with van der Waals surface area (Å²) in [6.07, 6.45) is 3.26. The molecule has 1 aromatic rings. The molecule has 0 fully saturated rings. The van der Waals surface area contributed by atoms with E-state index in [9.17, 15) is 8.42 Å². The molecule has 0 spiro atoms. The first-order valence-corrected chi connectivity index (χ1v) is 3.64. The molecular weight excluding hydrogens is 138 g/mol. The van der Waals surface area contributed by atoms with Crippen molar-refractivity contribution >= 4 is 10.7 Å². The largest absolute Gasteiger partial charge is 0.356 e. The molecule has 0 atom stereocenters. The molecule has 0 saturated carbocycles. The summed E-state index contributed by atoms with van der Waals surface area (Å²) in [5.74, 6) is 0. The average molecular weight is 145 g/mol. The number of rotatable bonds is 1. The molecule has 1 aromatic heterocycles. The lowest BCUT2D eigenvalue weighted by atomic mass is 10.7. The van der Waals surface area contributed by atoms with Crippen molar-refractivity contribution in [2.24, 2.45) is 7.05 Å².